The molecule has 1 aliphatic heterocycles. The number of nitrogens with zero attached hydrogens (tertiary/aromatic N) is 4. The summed E-state index contributed by atoms with van der Waals surface area (Å²) in [6, 6.07) is 15.5. The molecule has 35 heavy (non-hydrogen) atoms. The molecular weight excluding hydrogens is 446 g/mol. The number of alkyl carbamates (subject to hydrolysis) is 1. The second-order valence-electron chi connectivity index (χ2n) is 9.41. The number of hydrogen-bond acceptors (Lipinski definition) is 7. The Labute approximate surface area is 205 Å². The van der Waals surface area contributed by atoms with E-state index in [0.717, 1.165) is 22.3 Å². The largest absolute Gasteiger partial charge is 0.445 e. The van der Waals surface area contributed by atoms with Gasteiger partial charge in [-0.3, -0.25) is 4.98 Å². The quantitative estimate of drug-likeness (QED) is 0.591. The molecule has 1 fully saturated rings. The Morgan fingerprint density at radius 3 is 2.49 bits per heavy atom. The van der Waals surface area contributed by atoms with Gasteiger partial charge < -0.3 is 24.6 Å². The van der Waals surface area contributed by atoms with Crippen LogP contribution in [0.3, 0.4) is 0 Å². The molecule has 0 bridgehead atoms. The monoisotopic (exact) mass is 477 g/mol. The maximum Gasteiger partial charge on any atom is 0.410 e. The molecule has 2 amide bonds. The standard InChI is InChI=1S/C26H31N5O4/c1-26(2,3)35-24(32)28-17-21-15-22-20(16-27-21)9-10-23(29-22)30-11-13-31(14-12-30)25(33)34-18-19-7-5-4-6-8-19/h4-10,15-16H,11-14,17-18H2,1-3H3,(H,28,32). The van der Waals surface area contributed by atoms with E-state index in [-0.39, 0.29) is 19.2 Å². The zero-order valence-electron chi connectivity index (χ0n) is 20.4. The minimum absolute atomic E-state index is 0.251. The van der Waals surface area contributed by atoms with Crippen molar-refractivity contribution in [3.05, 3.63) is 66.0 Å². The van der Waals surface area contributed by atoms with Crippen LogP contribution < -0.4 is 10.2 Å². The Morgan fingerprint density at radius 1 is 1.03 bits per heavy atom. The van der Waals surface area contributed by atoms with Crippen molar-refractivity contribution in [2.75, 3.05) is 31.1 Å². The van der Waals surface area contributed by atoms with Crippen LogP contribution in [0.5, 0.6) is 0 Å². The van der Waals surface area contributed by atoms with Crippen LogP contribution in [0.4, 0.5) is 15.4 Å². The van der Waals surface area contributed by atoms with Crippen LogP contribution in [0, 0.1) is 0 Å². The molecule has 9 nitrogen and oxygen atoms in total. The molecule has 184 valence electrons. The minimum atomic E-state index is -0.556. The smallest absolute Gasteiger partial charge is 0.410 e. The molecule has 0 unspecified atom stereocenters. The number of pyridine rings is 2. The van der Waals surface area contributed by atoms with E-state index in [1.165, 1.54) is 0 Å². The van der Waals surface area contributed by atoms with E-state index in [2.05, 4.69) is 15.2 Å². The molecule has 3 aromatic rings. The van der Waals surface area contributed by atoms with Gasteiger partial charge in [0.05, 0.1) is 17.8 Å². The van der Waals surface area contributed by atoms with Gasteiger partial charge in [0, 0.05) is 37.8 Å². The zero-order chi connectivity index (χ0) is 24.8. The average molecular weight is 478 g/mol. The van der Waals surface area contributed by atoms with Gasteiger partial charge >= 0.3 is 12.2 Å². The van der Waals surface area contributed by atoms with Gasteiger partial charge in [0.25, 0.3) is 0 Å². The number of benzene rings is 1. The molecule has 1 aliphatic rings. The third-order valence-electron chi connectivity index (χ3n) is 5.50. The van der Waals surface area contributed by atoms with E-state index in [0.29, 0.717) is 31.9 Å². The fourth-order valence-corrected chi connectivity index (χ4v) is 3.73. The molecule has 0 atom stereocenters. The molecule has 1 N–H and O–H groups in total. The van der Waals surface area contributed by atoms with Gasteiger partial charge in [0.15, 0.2) is 0 Å². The van der Waals surface area contributed by atoms with E-state index in [1.54, 1.807) is 11.1 Å². The van der Waals surface area contributed by atoms with Gasteiger partial charge in [0.2, 0.25) is 0 Å². The molecule has 1 saturated heterocycles. The van der Waals surface area contributed by atoms with Crippen molar-refractivity contribution in [2.24, 2.45) is 0 Å². The number of aromatic nitrogens is 2. The summed E-state index contributed by atoms with van der Waals surface area (Å²) in [5.41, 5.74) is 1.90. The number of amides is 2. The average Bonchev–Trinajstić information content (AvgIpc) is 2.85. The number of anilines is 1. The second kappa shape index (κ2) is 10.6. The fraction of sp³-hybridized carbons (Fsp3) is 0.385. The number of piperazine rings is 1. The SMILES string of the molecule is CC(C)(C)OC(=O)NCc1cc2nc(N3CCN(C(=O)OCc4ccccc4)CC3)ccc2cn1. The van der Waals surface area contributed by atoms with E-state index in [1.807, 2.05) is 69.3 Å². The summed E-state index contributed by atoms with van der Waals surface area (Å²) in [5.74, 6) is 0.840. The van der Waals surface area contributed by atoms with Crippen molar-refractivity contribution in [3.63, 3.8) is 0 Å². The normalized spacial score (nSPS) is 14.0. The summed E-state index contributed by atoms with van der Waals surface area (Å²) in [6.07, 6.45) is 0.966. The topological polar surface area (TPSA) is 96.9 Å². The Bertz CT molecular complexity index is 1170. The lowest BCUT2D eigenvalue weighted by Gasteiger charge is -2.34. The number of ether oxygens (including phenoxy) is 2. The van der Waals surface area contributed by atoms with Gasteiger partial charge in [-0.25, -0.2) is 14.6 Å². The predicted molar refractivity (Wildman–Crippen MR) is 133 cm³/mol. The van der Waals surface area contributed by atoms with Crippen LogP contribution in [0.25, 0.3) is 10.9 Å². The highest BCUT2D eigenvalue weighted by molar-refractivity contribution is 5.80. The molecule has 0 radical (unpaired) electrons. The van der Waals surface area contributed by atoms with Crippen LogP contribution in [0.15, 0.2) is 54.7 Å². The molecule has 2 aromatic heterocycles. The summed E-state index contributed by atoms with van der Waals surface area (Å²) in [4.78, 5) is 37.4. The lowest BCUT2D eigenvalue weighted by Crippen LogP contribution is -2.49. The molecule has 4 rings (SSSR count). The summed E-state index contributed by atoms with van der Waals surface area (Å²) < 4.78 is 10.7. The Morgan fingerprint density at radius 2 is 1.77 bits per heavy atom. The van der Waals surface area contributed by atoms with Crippen molar-refractivity contribution >= 4 is 28.9 Å². The van der Waals surface area contributed by atoms with Crippen LogP contribution in [0.2, 0.25) is 0 Å². The molecule has 9 heteroatoms. The highest BCUT2D eigenvalue weighted by atomic mass is 16.6. The predicted octanol–water partition coefficient (Wildman–Crippen LogP) is 4.11. The van der Waals surface area contributed by atoms with Crippen LogP contribution >= 0.6 is 0 Å². The van der Waals surface area contributed by atoms with Gasteiger partial charge in [-0.05, 0) is 44.5 Å². The number of rotatable bonds is 5. The summed E-state index contributed by atoms with van der Waals surface area (Å²) in [5, 5.41) is 3.64. The maximum atomic E-state index is 12.4. The molecular formula is C26H31N5O4. The fourth-order valence-electron chi connectivity index (χ4n) is 3.73. The first-order valence-corrected chi connectivity index (χ1v) is 11.7. The first kappa shape index (κ1) is 24.3. The van der Waals surface area contributed by atoms with Crippen LogP contribution in [-0.4, -0.2) is 58.8 Å². The highest BCUT2D eigenvalue weighted by Gasteiger charge is 2.23. The van der Waals surface area contributed by atoms with Crippen molar-refractivity contribution < 1.29 is 19.1 Å². The van der Waals surface area contributed by atoms with E-state index >= 15 is 0 Å². The van der Waals surface area contributed by atoms with Crippen molar-refractivity contribution in [2.45, 2.75) is 39.5 Å². The molecule has 0 aliphatic carbocycles. The van der Waals surface area contributed by atoms with Gasteiger partial charge in [-0.1, -0.05) is 30.3 Å². The first-order valence-electron chi connectivity index (χ1n) is 11.7. The first-order chi connectivity index (χ1) is 16.8. The lowest BCUT2D eigenvalue weighted by molar-refractivity contribution is 0.0522. The molecule has 0 spiro atoms. The van der Waals surface area contributed by atoms with Gasteiger partial charge in [0.1, 0.15) is 18.0 Å². The molecule has 0 saturated carbocycles. The Kier molecular flexibility index (Phi) is 7.33. The van der Waals surface area contributed by atoms with Crippen LogP contribution in [-0.2, 0) is 22.6 Å². The third-order valence-corrected chi connectivity index (χ3v) is 5.50. The Hall–Kier alpha value is -3.88. The van der Waals surface area contributed by atoms with E-state index in [9.17, 15) is 9.59 Å². The highest BCUT2D eigenvalue weighted by Crippen LogP contribution is 2.20. The van der Waals surface area contributed by atoms with Crippen molar-refractivity contribution in [1.29, 1.82) is 0 Å². The molecule has 3 heterocycles. The number of fused-ring (bicyclic) bond motifs is 1. The zero-order valence-corrected chi connectivity index (χ0v) is 20.4. The third kappa shape index (κ3) is 6.81. The van der Waals surface area contributed by atoms with E-state index in [4.69, 9.17) is 14.5 Å². The Balaban J connectivity index is 1.32. The molecule has 1 aromatic carbocycles. The van der Waals surface area contributed by atoms with E-state index < -0.39 is 11.7 Å². The van der Waals surface area contributed by atoms with Gasteiger partial charge in [-0.15, -0.1) is 0 Å². The van der Waals surface area contributed by atoms with Crippen molar-refractivity contribution in [1.82, 2.24) is 20.2 Å². The number of carbonyl (C=O) groups is 2. The van der Waals surface area contributed by atoms with Gasteiger partial charge in [-0.2, -0.15) is 0 Å². The van der Waals surface area contributed by atoms with Crippen molar-refractivity contribution in [3.8, 4) is 0 Å². The second-order valence-corrected chi connectivity index (χ2v) is 9.41. The number of hydrogen-bond donors (Lipinski definition) is 1. The summed E-state index contributed by atoms with van der Waals surface area (Å²) in [7, 11) is 0. The van der Waals surface area contributed by atoms with Crippen LogP contribution in [0.1, 0.15) is 32.0 Å². The summed E-state index contributed by atoms with van der Waals surface area (Å²) >= 11 is 0. The summed E-state index contributed by atoms with van der Waals surface area (Å²) in [6.45, 7) is 8.43. The minimum Gasteiger partial charge on any atom is -0.445 e. The lowest BCUT2D eigenvalue weighted by atomic mass is 10.2. The number of carbonyl (C=O) groups excluding carboxylic acids is 2. The number of nitrogens with one attached hydrogen (secondary N) is 1. The maximum absolute atomic E-state index is 12.4.